The monoisotopic (exact) mass is 574 g/mol. The van der Waals surface area contributed by atoms with Crippen LogP contribution in [0, 0.1) is 0 Å². The summed E-state index contributed by atoms with van der Waals surface area (Å²) in [4.78, 5) is 0. The van der Waals surface area contributed by atoms with Gasteiger partial charge in [0.1, 0.15) is 0 Å². The van der Waals surface area contributed by atoms with E-state index in [-0.39, 0.29) is 12.2 Å². The molecule has 0 radical (unpaired) electrons. The zero-order chi connectivity index (χ0) is 30.5. The standard InChI is InChI=1S/C36H46O6/c1-9-29(10-2)41-35-31(37-5)21-27(22-32(35)38-6)19-17-25-13-15-26(16-14-25)18-20-28-23-33(39-7)36(34(24-28)40-8)42-30(11-3)12-4/h13-24,29-30H,9-12H2,1-8H3/b19-17+,20-18+. The van der Waals surface area contributed by atoms with E-state index in [9.17, 15) is 0 Å². The second-order valence-electron chi connectivity index (χ2n) is 9.96. The molecule has 6 nitrogen and oxygen atoms in total. The minimum atomic E-state index is 0.110. The molecule has 3 rings (SSSR count). The summed E-state index contributed by atoms with van der Waals surface area (Å²) in [5.74, 6) is 3.92. The summed E-state index contributed by atoms with van der Waals surface area (Å²) in [7, 11) is 6.60. The predicted molar refractivity (Wildman–Crippen MR) is 173 cm³/mol. The lowest BCUT2D eigenvalue weighted by molar-refractivity contribution is 0.177. The molecule has 0 saturated carbocycles. The average molecular weight is 575 g/mol. The predicted octanol–water partition coefficient (Wildman–Crippen LogP) is 9.20. The van der Waals surface area contributed by atoms with E-state index in [1.54, 1.807) is 28.4 Å². The largest absolute Gasteiger partial charge is 0.493 e. The first-order valence-electron chi connectivity index (χ1n) is 14.7. The maximum Gasteiger partial charge on any atom is 0.203 e. The molecule has 0 aromatic heterocycles. The molecule has 0 fully saturated rings. The minimum Gasteiger partial charge on any atom is -0.493 e. The molecular weight excluding hydrogens is 528 g/mol. The van der Waals surface area contributed by atoms with Gasteiger partial charge in [0.25, 0.3) is 0 Å². The Morgan fingerprint density at radius 3 is 0.952 bits per heavy atom. The van der Waals surface area contributed by atoms with Crippen LogP contribution in [0.4, 0.5) is 0 Å². The second kappa shape index (κ2) is 16.4. The molecule has 0 aliphatic heterocycles. The Balaban J connectivity index is 1.77. The lowest BCUT2D eigenvalue weighted by Gasteiger charge is -2.20. The van der Waals surface area contributed by atoms with Crippen LogP contribution in [0.3, 0.4) is 0 Å². The molecule has 0 aliphatic rings. The zero-order valence-electron chi connectivity index (χ0n) is 26.4. The van der Waals surface area contributed by atoms with Crippen LogP contribution in [0.5, 0.6) is 34.5 Å². The smallest absolute Gasteiger partial charge is 0.203 e. The Kier molecular flexibility index (Phi) is 12.7. The molecule has 0 amide bonds. The number of benzene rings is 3. The Hall–Kier alpha value is -4.06. The molecule has 3 aromatic carbocycles. The number of methoxy groups -OCH3 is 4. The van der Waals surface area contributed by atoms with Crippen molar-refractivity contribution in [3.63, 3.8) is 0 Å². The van der Waals surface area contributed by atoms with Gasteiger partial charge in [-0.1, -0.05) is 76.3 Å². The van der Waals surface area contributed by atoms with Gasteiger partial charge in [-0.15, -0.1) is 0 Å². The molecule has 0 unspecified atom stereocenters. The average Bonchev–Trinajstić information content (AvgIpc) is 3.04. The molecule has 0 spiro atoms. The van der Waals surface area contributed by atoms with E-state index in [0.717, 1.165) is 47.9 Å². The summed E-state index contributed by atoms with van der Waals surface area (Å²) in [6.45, 7) is 8.45. The molecule has 3 aromatic rings. The van der Waals surface area contributed by atoms with Gasteiger partial charge >= 0.3 is 0 Å². The summed E-state index contributed by atoms with van der Waals surface area (Å²) in [5, 5.41) is 0. The molecule has 226 valence electrons. The topological polar surface area (TPSA) is 55.4 Å². The van der Waals surface area contributed by atoms with Gasteiger partial charge in [0, 0.05) is 0 Å². The van der Waals surface area contributed by atoms with Crippen LogP contribution in [-0.4, -0.2) is 40.6 Å². The SMILES string of the molecule is CCC(CC)Oc1c(OC)cc(/C=C/c2ccc(/C=C/c3cc(OC)c(OC(CC)CC)c(OC)c3)cc2)cc1OC. The van der Waals surface area contributed by atoms with E-state index in [1.165, 1.54) is 0 Å². The van der Waals surface area contributed by atoms with Crippen molar-refractivity contribution in [3.8, 4) is 34.5 Å². The van der Waals surface area contributed by atoms with Gasteiger partial charge < -0.3 is 28.4 Å². The van der Waals surface area contributed by atoms with Crippen LogP contribution in [0.2, 0.25) is 0 Å². The highest BCUT2D eigenvalue weighted by molar-refractivity contribution is 5.75. The fraction of sp³-hybridized carbons (Fsp3) is 0.389. The molecule has 6 heteroatoms. The van der Waals surface area contributed by atoms with Crippen LogP contribution in [0.25, 0.3) is 24.3 Å². The Morgan fingerprint density at radius 2 is 0.714 bits per heavy atom. The lowest BCUT2D eigenvalue weighted by Crippen LogP contribution is -2.15. The normalized spacial score (nSPS) is 11.5. The van der Waals surface area contributed by atoms with E-state index < -0.39 is 0 Å². The van der Waals surface area contributed by atoms with Crippen molar-refractivity contribution in [2.24, 2.45) is 0 Å². The van der Waals surface area contributed by atoms with Gasteiger partial charge in [0.15, 0.2) is 23.0 Å². The van der Waals surface area contributed by atoms with Crippen LogP contribution in [-0.2, 0) is 0 Å². The van der Waals surface area contributed by atoms with Crippen molar-refractivity contribution in [3.05, 3.63) is 70.8 Å². The summed E-state index contributed by atoms with van der Waals surface area (Å²) in [6.07, 6.45) is 12.1. The van der Waals surface area contributed by atoms with Crippen molar-refractivity contribution in [1.82, 2.24) is 0 Å². The zero-order valence-corrected chi connectivity index (χ0v) is 26.4. The van der Waals surface area contributed by atoms with Gasteiger partial charge in [0.05, 0.1) is 40.6 Å². The molecule has 0 N–H and O–H groups in total. The molecule has 0 bridgehead atoms. The fourth-order valence-electron chi connectivity index (χ4n) is 4.57. The van der Waals surface area contributed by atoms with Crippen molar-refractivity contribution < 1.29 is 28.4 Å². The van der Waals surface area contributed by atoms with Crippen molar-refractivity contribution >= 4 is 24.3 Å². The highest BCUT2D eigenvalue weighted by Crippen LogP contribution is 2.41. The minimum absolute atomic E-state index is 0.110. The van der Waals surface area contributed by atoms with E-state index in [1.807, 2.05) is 36.4 Å². The third-order valence-corrected chi connectivity index (χ3v) is 7.23. The van der Waals surface area contributed by atoms with Crippen LogP contribution >= 0.6 is 0 Å². The van der Waals surface area contributed by atoms with E-state index in [4.69, 9.17) is 28.4 Å². The summed E-state index contributed by atoms with van der Waals surface area (Å²) in [5.41, 5.74) is 4.08. The third-order valence-electron chi connectivity index (χ3n) is 7.23. The number of rotatable bonds is 16. The molecule has 42 heavy (non-hydrogen) atoms. The fourth-order valence-corrected chi connectivity index (χ4v) is 4.57. The Labute approximate surface area is 251 Å². The van der Waals surface area contributed by atoms with Crippen LogP contribution < -0.4 is 28.4 Å². The van der Waals surface area contributed by atoms with Gasteiger partial charge in [-0.3, -0.25) is 0 Å². The first kappa shape index (κ1) is 32.5. The van der Waals surface area contributed by atoms with Gasteiger partial charge in [-0.05, 0) is 72.2 Å². The number of hydrogen-bond donors (Lipinski definition) is 0. The van der Waals surface area contributed by atoms with E-state index >= 15 is 0 Å². The second-order valence-corrected chi connectivity index (χ2v) is 9.96. The first-order chi connectivity index (χ1) is 20.4. The van der Waals surface area contributed by atoms with Crippen LogP contribution in [0.1, 0.15) is 75.6 Å². The maximum absolute atomic E-state index is 6.20. The first-order valence-corrected chi connectivity index (χ1v) is 14.7. The molecular formula is C36H46O6. The molecule has 0 heterocycles. The van der Waals surface area contributed by atoms with Gasteiger partial charge in [-0.25, -0.2) is 0 Å². The van der Waals surface area contributed by atoms with Crippen LogP contribution in [0.15, 0.2) is 48.5 Å². The summed E-state index contributed by atoms with van der Waals surface area (Å²) < 4.78 is 35.0. The van der Waals surface area contributed by atoms with Crippen molar-refractivity contribution in [2.45, 2.75) is 65.6 Å². The maximum atomic E-state index is 6.20. The van der Waals surface area contributed by atoms with Gasteiger partial charge in [-0.2, -0.15) is 0 Å². The van der Waals surface area contributed by atoms with E-state index in [0.29, 0.717) is 34.5 Å². The summed E-state index contributed by atoms with van der Waals surface area (Å²) in [6, 6.07) is 16.2. The highest BCUT2D eigenvalue weighted by Gasteiger charge is 2.18. The number of ether oxygens (including phenoxy) is 6. The van der Waals surface area contributed by atoms with Crippen molar-refractivity contribution in [1.29, 1.82) is 0 Å². The Bertz CT molecular complexity index is 1160. The molecule has 0 saturated heterocycles. The Morgan fingerprint density at radius 1 is 0.452 bits per heavy atom. The molecule has 0 aliphatic carbocycles. The third kappa shape index (κ3) is 8.48. The number of hydrogen-bond acceptors (Lipinski definition) is 6. The summed E-state index contributed by atoms with van der Waals surface area (Å²) >= 11 is 0. The molecule has 0 atom stereocenters. The lowest BCUT2D eigenvalue weighted by atomic mass is 10.1. The van der Waals surface area contributed by atoms with E-state index in [2.05, 4.69) is 64.1 Å². The van der Waals surface area contributed by atoms with Gasteiger partial charge in [0.2, 0.25) is 11.5 Å². The highest BCUT2D eigenvalue weighted by atomic mass is 16.5. The quantitative estimate of drug-likeness (QED) is 0.159. The van der Waals surface area contributed by atoms with Crippen molar-refractivity contribution in [2.75, 3.05) is 28.4 Å².